The van der Waals surface area contributed by atoms with Crippen LogP contribution in [0.25, 0.3) is 5.65 Å². The number of nitrogens with zero attached hydrogens (tertiary/aromatic N) is 3. The number of aromatic amines is 1. The SMILES string of the molecule is Nc1ncn[n+]2c(CCCC(CF)OCP(=O)(O)O)c[nH]c12. The number of nitrogens with one attached hydrogen (secondary N) is 1. The highest BCUT2D eigenvalue weighted by atomic mass is 31.2. The van der Waals surface area contributed by atoms with E-state index in [0.717, 1.165) is 5.69 Å². The van der Waals surface area contributed by atoms with Crippen molar-refractivity contribution >= 4 is 19.1 Å². The summed E-state index contributed by atoms with van der Waals surface area (Å²) in [6, 6.07) is 0. The van der Waals surface area contributed by atoms with Crippen LogP contribution in [0.2, 0.25) is 0 Å². The van der Waals surface area contributed by atoms with Crippen LogP contribution in [0.4, 0.5) is 10.2 Å². The van der Waals surface area contributed by atoms with E-state index in [1.165, 1.54) is 6.33 Å². The molecule has 0 aliphatic heterocycles. The van der Waals surface area contributed by atoms with Gasteiger partial charge in [0.2, 0.25) is 5.82 Å². The van der Waals surface area contributed by atoms with E-state index in [0.29, 0.717) is 30.7 Å². The topological polar surface area (TPSA) is 138 Å². The first-order valence-corrected chi connectivity index (χ1v) is 8.41. The zero-order valence-electron chi connectivity index (χ0n) is 11.7. The van der Waals surface area contributed by atoms with E-state index in [4.69, 9.17) is 20.3 Å². The Hall–Kier alpha value is -1.61. The van der Waals surface area contributed by atoms with Crippen LogP contribution in [0.15, 0.2) is 12.5 Å². The third-order valence-corrected chi connectivity index (χ3v) is 3.56. The smallest absolute Gasteiger partial charge is 0.350 e. The molecule has 2 aromatic rings. The van der Waals surface area contributed by atoms with Crippen molar-refractivity contribution < 1.29 is 28.0 Å². The Balaban J connectivity index is 1.89. The number of H-pyrrole nitrogens is 1. The lowest BCUT2D eigenvalue weighted by Crippen LogP contribution is -2.30. The van der Waals surface area contributed by atoms with Crippen LogP contribution in [0.5, 0.6) is 0 Å². The van der Waals surface area contributed by atoms with Crippen LogP contribution < -0.4 is 10.2 Å². The van der Waals surface area contributed by atoms with Gasteiger partial charge in [-0.2, -0.15) is 0 Å². The van der Waals surface area contributed by atoms with Crippen molar-refractivity contribution in [2.75, 3.05) is 18.8 Å². The highest BCUT2D eigenvalue weighted by Crippen LogP contribution is 2.34. The minimum absolute atomic E-state index is 0.327. The molecule has 0 aliphatic rings. The molecule has 1 unspecified atom stereocenters. The van der Waals surface area contributed by atoms with Crippen LogP contribution in [-0.4, -0.2) is 44.0 Å². The van der Waals surface area contributed by atoms with Crippen LogP contribution in [0.3, 0.4) is 0 Å². The van der Waals surface area contributed by atoms with Gasteiger partial charge in [0.15, 0.2) is 12.0 Å². The number of alkyl halides is 1. The van der Waals surface area contributed by atoms with E-state index in [1.54, 1.807) is 10.7 Å². The zero-order chi connectivity index (χ0) is 16.2. The molecule has 11 heteroatoms. The van der Waals surface area contributed by atoms with Gasteiger partial charge in [0.05, 0.1) is 6.10 Å². The number of rotatable bonds is 8. The average Bonchev–Trinajstić information content (AvgIpc) is 2.86. The van der Waals surface area contributed by atoms with Gasteiger partial charge >= 0.3 is 13.2 Å². The molecule has 5 N–H and O–H groups in total. The summed E-state index contributed by atoms with van der Waals surface area (Å²) in [5.41, 5.74) is 7.13. The summed E-state index contributed by atoms with van der Waals surface area (Å²) in [6.07, 6.45) is 2.96. The maximum Gasteiger partial charge on any atom is 0.350 e. The lowest BCUT2D eigenvalue weighted by molar-refractivity contribution is -0.587. The Bertz CT molecular complexity index is 676. The third kappa shape index (κ3) is 4.44. The highest BCUT2D eigenvalue weighted by molar-refractivity contribution is 7.51. The van der Waals surface area contributed by atoms with Gasteiger partial charge in [-0.3, -0.25) is 4.57 Å². The number of nitrogens with two attached hydrogens (primary N) is 1. The van der Waals surface area contributed by atoms with E-state index < -0.39 is 26.7 Å². The number of aryl methyl sites for hydroxylation is 1. The number of ether oxygens (including phenoxy) is 1. The monoisotopic (exact) mass is 334 g/mol. The molecule has 0 saturated carbocycles. The maximum atomic E-state index is 12.8. The minimum atomic E-state index is -4.28. The first-order valence-electron chi connectivity index (χ1n) is 6.61. The Morgan fingerprint density at radius 3 is 3.00 bits per heavy atom. The van der Waals surface area contributed by atoms with Gasteiger partial charge in [0, 0.05) is 6.42 Å². The maximum absolute atomic E-state index is 12.8. The first-order chi connectivity index (χ1) is 10.4. The van der Waals surface area contributed by atoms with Crippen molar-refractivity contribution in [2.24, 2.45) is 0 Å². The molecule has 2 rings (SSSR count). The lowest BCUT2D eigenvalue weighted by atomic mass is 10.1. The van der Waals surface area contributed by atoms with Crippen LogP contribution in [0.1, 0.15) is 18.5 Å². The number of aromatic nitrogens is 4. The van der Waals surface area contributed by atoms with E-state index >= 15 is 0 Å². The second-order valence-electron chi connectivity index (χ2n) is 4.81. The molecule has 2 heterocycles. The fourth-order valence-electron chi connectivity index (χ4n) is 2.03. The van der Waals surface area contributed by atoms with Crippen molar-refractivity contribution in [2.45, 2.75) is 25.4 Å². The van der Waals surface area contributed by atoms with Crippen LogP contribution >= 0.6 is 7.60 Å². The summed E-state index contributed by atoms with van der Waals surface area (Å²) >= 11 is 0. The van der Waals surface area contributed by atoms with Gasteiger partial charge in [-0.1, -0.05) is 9.61 Å². The summed E-state index contributed by atoms with van der Waals surface area (Å²) in [7, 11) is -4.28. The van der Waals surface area contributed by atoms with E-state index in [1.807, 2.05) is 0 Å². The second kappa shape index (κ2) is 7.10. The second-order valence-corrected chi connectivity index (χ2v) is 6.40. The fourth-order valence-corrected chi connectivity index (χ4v) is 2.43. The number of anilines is 1. The number of fused-ring (bicyclic) bond motifs is 1. The predicted molar refractivity (Wildman–Crippen MR) is 74.7 cm³/mol. The van der Waals surface area contributed by atoms with Crippen LogP contribution in [0, 0.1) is 0 Å². The molecule has 9 nitrogen and oxygen atoms in total. The van der Waals surface area contributed by atoms with Gasteiger partial charge in [-0.25, -0.2) is 14.4 Å². The molecular weight excluding hydrogens is 316 g/mol. The summed E-state index contributed by atoms with van der Waals surface area (Å²) < 4.78 is 30.0. The Morgan fingerprint density at radius 1 is 1.55 bits per heavy atom. The van der Waals surface area contributed by atoms with Crippen molar-refractivity contribution in [3.05, 3.63) is 18.2 Å². The van der Waals surface area contributed by atoms with E-state index in [-0.39, 0.29) is 0 Å². The Morgan fingerprint density at radius 2 is 2.32 bits per heavy atom. The Kier molecular flexibility index (Phi) is 5.41. The van der Waals surface area contributed by atoms with Crippen molar-refractivity contribution in [3.8, 4) is 0 Å². The Labute approximate surface area is 125 Å². The molecule has 0 bridgehead atoms. The molecule has 0 saturated heterocycles. The molecule has 0 aromatic carbocycles. The van der Waals surface area contributed by atoms with Gasteiger partial charge in [-0.05, 0) is 12.8 Å². The number of hydrogen-bond acceptors (Lipinski definition) is 5. The van der Waals surface area contributed by atoms with E-state index in [9.17, 15) is 8.96 Å². The third-order valence-electron chi connectivity index (χ3n) is 3.08. The molecule has 0 radical (unpaired) electrons. The molecular formula is C11H18FN5O4P+. The quantitative estimate of drug-likeness (QED) is 0.392. The highest BCUT2D eigenvalue weighted by Gasteiger charge is 2.19. The van der Waals surface area contributed by atoms with Gasteiger partial charge in [-0.15, -0.1) is 0 Å². The number of imidazole rings is 1. The molecule has 1 atom stereocenters. The molecule has 0 amide bonds. The summed E-state index contributed by atoms with van der Waals surface area (Å²) in [5.74, 6) is 0.327. The molecule has 0 spiro atoms. The summed E-state index contributed by atoms with van der Waals surface area (Å²) in [5, 5.41) is 4.07. The fraction of sp³-hybridized carbons (Fsp3) is 0.545. The van der Waals surface area contributed by atoms with Crippen molar-refractivity contribution in [3.63, 3.8) is 0 Å². The average molecular weight is 334 g/mol. The van der Waals surface area contributed by atoms with Gasteiger partial charge < -0.3 is 20.3 Å². The summed E-state index contributed by atoms with van der Waals surface area (Å²) in [6.45, 7) is -0.795. The van der Waals surface area contributed by atoms with Crippen molar-refractivity contribution in [1.82, 2.24) is 15.1 Å². The van der Waals surface area contributed by atoms with Crippen molar-refractivity contribution in [1.29, 1.82) is 0 Å². The number of nitrogen functional groups attached to an aromatic ring is 1. The largest absolute Gasteiger partial charge is 0.377 e. The van der Waals surface area contributed by atoms with Gasteiger partial charge in [0.25, 0.3) is 0 Å². The number of halogens is 1. The molecule has 122 valence electrons. The summed E-state index contributed by atoms with van der Waals surface area (Å²) in [4.78, 5) is 24.2. The molecule has 0 aliphatic carbocycles. The van der Waals surface area contributed by atoms with E-state index in [2.05, 4.69) is 15.1 Å². The zero-order valence-corrected chi connectivity index (χ0v) is 12.6. The van der Waals surface area contributed by atoms with Crippen LogP contribution in [-0.2, 0) is 15.7 Å². The molecule has 22 heavy (non-hydrogen) atoms. The first kappa shape index (κ1) is 16.8. The normalized spacial score (nSPS) is 13.6. The predicted octanol–water partition coefficient (Wildman–Crippen LogP) is -0.0618. The number of hydrogen-bond donors (Lipinski definition) is 4. The minimum Gasteiger partial charge on any atom is -0.377 e. The molecule has 2 aromatic heterocycles. The van der Waals surface area contributed by atoms with Gasteiger partial charge in [0.1, 0.15) is 19.2 Å². The lowest BCUT2D eigenvalue weighted by Gasteiger charge is -2.14. The standard InChI is InChI=1S/C11H17FN5O4P/c12-4-9(21-7-22(18,19)20)3-1-2-8-5-14-11-10(13)15-6-16-17(8)11/h5-6,9H,1-4,7H2,(H4,13,15,16,18,19,20)/p+1. The molecule has 0 fully saturated rings.